The Bertz CT molecular complexity index is 1300. The fourth-order valence-corrected chi connectivity index (χ4v) is 5.40. The van der Waals surface area contributed by atoms with Crippen molar-refractivity contribution in [1.29, 1.82) is 0 Å². The van der Waals surface area contributed by atoms with Gasteiger partial charge in [-0.15, -0.1) is 0 Å². The molecule has 3 aromatic carbocycles. The van der Waals surface area contributed by atoms with Gasteiger partial charge < -0.3 is 24.8 Å². The Balaban J connectivity index is 1.60. The summed E-state index contributed by atoms with van der Waals surface area (Å²) < 4.78 is 16.6. The van der Waals surface area contributed by atoms with Crippen LogP contribution in [0.3, 0.4) is 0 Å². The van der Waals surface area contributed by atoms with Crippen molar-refractivity contribution in [3.8, 4) is 17.2 Å². The van der Waals surface area contributed by atoms with Crippen LogP contribution in [0, 0.1) is 5.92 Å². The summed E-state index contributed by atoms with van der Waals surface area (Å²) in [6.07, 6.45) is 2.57. The van der Waals surface area contributed by atoms with Crippen LogP contribution < -0.4 is 24.8 Å². The van der Waals surface area contributed by atoms with Gasteiger partial charge in [-0.2, -0.15) is 0 Å². The molecule has 2 N–H and O–H groups in total. The average molecular weight is 499 g/mol. The van der Waals surface area contributed by atoms with Crippen LogP contribution in [0.1, 0.15) is 54.8 Å². The molecular weight excluding hydrogens is 464 g/mol. The van der Waals surface area contributed by atoms with E-state index < -0.39 is 0 Å². The summed E-state index contributed by atoms with van der Waals surface area (Å²) in [7, 11) is 4.79. The van der Waals surface area contributed by atoms with Gasteiger partial charge in [0.2, 0.25) is 5.75 Å². The monoisotopic (exact) mass is 498 g/mol. The third-order valence-electron chi connectivity index (χ3n) is 7.41. The Hall–Kier alpha value is -3.93. The molecule has 6 nitrogen and oxygen atoms in total. The molecule has 192 valence electrons. The minimum Gasteiger partial charge on any atom is -0.493 e. The molecule has 3 atom stereocenters. The predicted octanol–water partition coefficient (Wildman–Crippen LogP) is 6.67. The molecule has 0 fully saturated rings. The molecule has 0 aromatic heterocycles. The third kappa shape index (κ3) is 4.64. The van der Waals surface area contributed by atoms with Crippen LogP contribution in [0.25, 0.3) is 0 Å². The van der Waals surface area contributed by atoms with E-state index in [1.807, 2.05) is 30.3 Å². The molecule has 0 saturated heterocycles. The summed E-state index contributed by atoms with van der Waals surface area (Å²) >= 11 is 0. The number of ether oxygens (including phenoxy) is 3. The highest BCUT2D eigenvalue weighted by Gasteiger charge is 2.40. The van der Waals surface area contributed by atoms with E-state index in [9.17, 15) is 4.79 Å². The summed E-state index contributed by atoms with van der Waals surface area (Å²) in [5.41, 5.74) is 6.16. The smallest absolute Gasteiger partial charge is 0.203 e. The molecule has 3 aromatic rings. The van der Waals surface area contributed by atoms with Crippen molar-refractivity contribution in [1.82, 2.24) is 0 Å². The number of ketones is 1. The van der Waals surface area contributed by atoms with E-state index in [1.165, 1.54) is 5.56 Å². The van der Waals surface area contributed by atoms with Crippen LogP contribution >= 0.6 is 0 Å². The minimum absolute atomic E-state index is 0.130. The van der Waals surface area contributed by atoms with E-state index in [4.69, 9.17) is 14.2 Å². The molecule has 1 heterocycles. The molecule has 0 radical (unpaired) electrons. The Morgan fingerprint density at radius 2 is 1.49 bits per heavy atom. The van der Waals surface area contributed by atoms with Crippen molar-refractivity contribution in [3.05, 3.63) is 89.1 Å². The lowest BCUT2D eigenvalue weighted by molar-refractivity contribution is -0.122. The van der Waals surface area contributed by atoms with Gasteiger partial charge in [-0.25, -0.2) is 0 Å². The first-order valence-electron chi connectivity index (χ1n) is 12.7. The molecule has 0 bridgehead atoms. The molecule has 3 unspecified atom stereocenters. The molecule has 2 aliphatic rings. The number of fused-ring (bicyclic) bond motifs is 2. The van der Waals surface area contributed by atoms with Gasteiger partial charge in [0.05, 0.1) is 44.7 Å². The maximum absolute atomic E-state index is 13.9. The third-order valence-corrected chi connectivity index (χ3v) is 7.41. The van der Waals surface area contributed by atoms with E-state index in [0.717, 1.165) is 28.2 Å². The molecular formula is C31H34N2O4. The molecule has 0 amide bonds. The first-order valence-corrected chi connectivity index (χ1v) is 12.7. The summed E-state index contributed by atoms with van der Waals surface area (Å²) in [4.78, 5) is 13.9. The molecule has 0 saturated carbocycles. The standard InChI is InChI=1S/C31H34N2O4/c1-18(2)19-10-12-20(13-11-19)30-29-25(32-23-8-6-7-9-24(23)33-30)14-21(15-26(29)34)22-16-27(35-3)31(37-5)28(17-22)36-4/h6-14,16-18,21,29-30,32-33H,15H2,1-5H3. The van der Waals surface area contributed by atoms with Crippen LogP contribution in [0.15, 0.2) is 72.4 Å². The average Bonchev–Trinajstić information content (AvgIpc) is 3.09. The van der Waals surface area contributed by atoms with Crippen LogP contribution in [-0.4, -0.2) is 27.1 Å². The highest BCUT2D eigenvalue weighted by Crippen LogP contribution is 2.47. The minimum atomic E-state index is -0.337. The van der Waals surface area contributed by atoms with Gasteiger partial charge in [-0.05, 0) is 46.9 Å². The van der Waals surface area contributed by atoms with Crippen molar-refractivity contribution in [2.24, 2.45) is 5.92 Å². The lowest BCUT2D eigenvalue weighted by Crippen LogP contribution is -2.33. The topological polar surface area (TPSA) is 68.8 Å². The van der Waals surface area contributed by atoms with Gasteiger partial charge in [0, 0.05) is 18.0 Å². The second-order valence-corrected chi connectivity index (χ2v) is 9.95. The Labute approximate surface area is 218 Å². The van der Waals surface area contributed by atoms with E-state index in [2.05, 4.69) is 60.9 Å². The lowest BCUT2D eigenvalue weighted by atomic mass is 9.76. The molecule has 6 heteroatoms. The fraction of sp³-hybridized carbons (Fsp3) is 0.323. The summed E-state index contributed by atoms with van der Waals surface area (Å²) in [5.74, 6) is 1.86. The zero-order valence-corrected chi connectivity index (χ0v) is 22.0. The largest absolute Gasteiger partial charge is 0.493 e. The number of allylic oxidation sites excluding steroid dienone is 1. The quantitative estimate of drug-likeness (QED) is 0.396. The van der Waals surface area contributed by atoms with E-state index >= 15 is 0 Å². The number of anilines is 2. The Morgan fingerprint density at radius 1 is 0.838 bits per heavy atom. The van der Waals surface area contributed by atoms with Crippen molar-refractivity contribution < 1.29 is 19.0 Å². The molecule has 5 rings (SSSR count). The van der Waals surface area contributed by atoms with Crippen LogP contribution in [0.4, 0.5) is 11.4 Å². The number of rotatable bonds is 6. The second-order valence-electron chi connectivity index (χ2n) is 9.95. The predicted molar refractivity (Wildman–Crippen MR) is 147 cm³/mol. The summed E-state index contributed by atoms with van der Waals surface area (Å²) in [6.45, 7) is 4.38. The number of nitrogens with one attached hydrogen (secondary N) is 2. The summed E-state index contributed by atoms with van der Waals surface area (Å²) in [6, 6.07) is 20.4. The van der Waals surface area contributed by atoms with Crippen molar-refractivity contribution in [2.45, 2.75) is 38.1 Å². The number of hydrogen-bond acceptors (Lipinski definition) is 6. The van der Waals surface area contributed by atoms with E-state index in [0.29, 0.717) is 29.6 Å². The highest BCUT2D eigenvalue weighted by molar-refractivity contribution is 5.90. The SMILES string of the molecule is COc1cc(C2C=C3Nc4ccccc4NC(c4ccc(C(C)C)cc4)C3C(=O)C2)cc(OC)c1OC. The number of Topliss-reactive ketones (excluding diaryl/α,β-unsaturated/α-hetero) is 1. The van der Waals surface area contributed by atoms with Crippen molar-refractivity contribution in [2.75, 3.05) is 32.0 Å². The number of carbonyl (C=O) groups excluding carboxylic acids is 1. The molecule has 0 spiro atoms. The van der Waals surface area contributed by atoms with Gasteiger partial charge >= 0.3 is 0 Å². The Morgan fingerprint density at radius 3 is 2.08 bits per heavy atom. The van der Waals surface area contributed by atoms with Crippen molar-refractivity contribution >= 4 is 17.2 Å². The maximum Gasteiger partial charge on any atom is 0.203 e. The zero-order valence-electron chi connectivity index (χ0n) is 22.0. The first-order chi connectivity index (χ1) is 17.9. The second kappa shape index (κ2) is 10.2. The van der Waals surface area contributed by atoms with Gasteiger partial charge in [-0.1, -0.05) is 56.3 Å². The van der Waals surface area contributed by atoms with E-state index in [-0.39, 0.29) is 23.7 Å². The Kier molecular flexibility index (Phi) is 6.83. The van der Waals surface area contributed by atoms with Gasteiger partial charge in [0.1, 0.15) is 5.78 Å². The van der Waals surface area contributed by atoms with E-state index in [1.54, 1.807) is 21.3 Å². The molecule has 1 aliphatic carbocycles. The zero-order chi connectivity index (χ0) is 26.1. The summed E-state index contributed by atoms with van der Waals surface area (Å²) in [5, 5.41) is 7.27. The molecule has 1 aliphatic heterocycles. The fourth-order valence-electron chi connectivity index (χ4n) is 5.40. The van der Waals surface area contributed by atoms with Gasteiger partial charge in [0.25, 0.3) is 0 Å². The number of para-hydroxylation sites is 2. The van der Waals surface area contributed by atoms with Crippen LogP contribution in [-0.2, 0) is 4.79 Å². The number of benzene rings is 3. The van der Waals surface area contributed by atoms with Gasteiger partial charge in [-0.3, -0.25) is 4.79 Å². The highest BCUT2D eigenvalue weighted by atomic mass is 16.5. The normalized spacial score (nSPS) is 20.5. The molecule has 37 heavy (non-hydrogen) atoms. The van der Waals surface area contributed by atoms with Crippen LogP contribution in [0.2, 0.25) is 0 Å². The first kappa shape index (κ1) is 24.8. The van der Waals surface area contributed by atoms with Crippen LogP contribution in [0.5, 0.6) is 17.2 Å². The van der Waals surface area contributed by atoms with Gasteiger partial charge in [0.15, 0.2) is 11.5 Å². The van der Waals surface area contributed by atoms with Crippen molar-refractivity contribution in [3.63, 3.8) is 0 Å². The number of carbonyl (C=O) groups is 1. The maximum atomic E-state index is 13.9. The number of methoxy groups -OCH3 is 3. The lowest BCUT2D eigenvalue weighted by Gasteiger charge is -2.33. The number of hydrogen-bond donors (Lipinski definition) is 2.